The SMILES string of the molecule is CCc1c(OC(C)=O)cccc1OC(C)=O. The molecule has 0 aliphatic rings. The Labute approximate surface area is 94.2 Å². The Morgan fingerprint density at radius 3 is 1.81 bits per heavy atom. The van der Waals surface area contributed by atoms with Gasteiger partial charge in [-0.15, -0.1) is 0 Å². The van der Waals surface area contributed by atoms with E-state index in [1.807, 2.05) is 6.92 Å². The molecule has 0 radical (unpaired) electrons. The third-order valence-corrected chi connectivity index (χ3v) is 1.95. The Balaban J connectivity index is 3.09. The van der Waals surface area contributed by atoms with Gasteiger partial charge in [0.05, 0.1) is 0 Å². The molecular weight excluding hydrogens is 208 g/mol. The summed E-state index contributed by atoms with van der Waals surface area (Å²) in [6.07, 6.45) is 0.617. The van der Waals surface area contributed by atoms with Crippen molar-refractivity contribution in [3.8, 4) is 11.5 Å². The summed E-state index contributed by atoms with van der Waals surface area (Å²) in [6, 6.07) is 5.02. The van der Waals surface area contributed by atoms with Gasteiger partial charge in [-0.2, -0.15) is 0 Å². The predicted molar refractivity (Wildman–Crippen MR) is 58.4 cm³/mol. The average molecular weight is 222 g/mol. The van der Waals surface area contributed by atoms with E-state index < -0.39 is 11.9 Å². The summed E-state index contributed by atoms with van der Waals surface area (Å²) >= 11 is 0. The molecule has 0 fully saturated rings. The van der Waals surface area contributed by atoms with Crippen molar-refractivity contribution in [1.82, 2.24) is 0 Å². The van der Waals surface area contributed by atoms with Gasteiger partial charge in [0.15, 0.2) is 0 Å². The molecule has 0 amide bonds. The monoisotopic (exact) mass is 222 g/mol. The lowest BCUT2D eigenvalue weighted by molar-refractivity contribution is -0.132. The zero-order chi connectivity index (χ0) is 12.1. The third kappa shape index (κ3) is 3.08. The summed E-state index contributed by atoms with van der Waals surface area (Å²) in [4.78, 5) is 21.8. The van der Waals surface area contributed by atoms with Crippen LogP contribution < -0.4 is 9.47 Å². The summed E-state index contributed by atoms with van der Waals surface area (Å²) in [6.45, 7) is 4.56. The molecule has 1 aromatic carbocycles. The van der Waals surface area contributed by atoms with Gasteiger partial charge < -0.3 is 9.47 Å². The van der Waals surface area contributed by atoms with Crippen molar-refractivity contribution in [1.29, 1.82) is 0 Å². The van der Waals surface area contributed by atoms with Crippen LogP contribution in [0.2, 0.25) is 0 Å². The molecule has 4 heteroatoms. The first-order chi connectivity index (χ1) is 7.54. The lowest BCUT2D eigenvalue weighted by atomic mass is 10.1. The zero-order valence-corrected chi connectivity index (χ0v) is 9.57. The van der Waals surface area contributed by atoms with Gasteiger partial charge in [-0.3, -0.25) is 9.59 Å². The molecule has 1 rings (SSSR count). The molecule has 0 unspecified atom stereocenters. The maximum absolute atomic E-state index is 10.9. The van der Waals surface area contributed by atoms with E-state index in [0.29, 0.717) is 23.5 Å². The molecule has 0 aliphatic heterocycles. The van der Waals surface area contributed by atoms with Crippen LogP contribution in [0.25, 0.3) is 0 Å². The second-order valence-corrected chi connectivity index (χ2v) is 3.27. The van der Waals surface area contributed by atoms with Crippen molar-refractivity contribution in [2.45, 2.75) is 27.2 Å². The first-order valence-corrected chi connectivity index (χ1v) is 5.03. The van der Waals surface area contributed by atoms with Crippen LogP contribution in [0.1, 0.15) is 26.3 Å². The van der Waals surface area contributed by atoms with Crippen molar-refractivity contribution in [2.24, 2.45) is 0 Å². The van der Waals surface area contributed by atoms with Crippen LogP contribution in [-0.4, -0.2) is 11.9 Å². The summed E-state index contributed by atoms with van der Waals surface area (Å²) < 4.78 is 10.1. The summed E-state index contributed by atoms with van der Waals surface area (Å²) in [5.41, 5.74) is 0.716. The molecule has 16 heavy (non-hydrogen) atoms. The van der Waals surface area contributed by atoms with Gasteiger partial charge in [0.2, 0.25) is 0 Å². The molecule has 0 heterocycles. The fraction of sp³-hybridized carbons (Fsp3) is 0.333. The summed E-state index contributed by atoms with van der Waals surface area (Å²) in [5.74, 6) is 0.0897. The van der Waals surface area contributed by atoms with Gasteiger partial charge in [0.25, 0.3) is 0 Å². The van der Waals surface area contributed by atoms with Crippen molar-refractivity contribution in [3.05, 3.63) is 23.8 Å². The standard InChI is InChI=1S/C12H14O4/c1-4-10-11(15-8(2)13)6-5-7-12(10)16-9(3)14/h5-7H,4H2,1-3H3. The van der Waals surface area contributed by atoms with Crippen LogP contribution in [-0.2, 0) is 16.0 Å². The van der Waals surface area contributed by atoms with Crippen LogP contribution in [0.5, 0.6) is 11.5 Å². The number of esters is 2. The van der Waals surface area contributed by atoms with E-state index in [1.54, 1.807) is 18.2 Å². The molecule has 1 aromatic rings. The molecule has 86 valence electrons. The molecule has 0 aliphatic carbocycles. The first-order valence-electron chi connectivity index (χ1n) is 5.03. The van der Waals surface area contributed by atoms with Crippen molar-refractivity contribution in [2.75, 3.05) is 0 Å². The van der Waals surface area contributed by atoms with Crippen LogP contribution in [0.4, 0.5) is 0 Å². The fourth-order valence-corrected chi connectivity index (χ4v) is 1.39. The highest BCUT2D eigenvalue weighted by Crippen LogP contribution is 2.29. The van der Waals surface area contributed by atoms with Crippen LogP contribution in [0.15, 0.2) is 18.2 Å². The van der Waals surface area contributed by atoms with E-state index in [1.165, 1.54) is 13.8 Å². The normalized spacial score (nSPS) is 9.69. The highest BCUT2D eigenvalue weighted by Gasteiger charge is 2.11. The van der Waals surface area contributed by atoms with E-state index in [-0.39, 0.29) is 0 Å². The number of carbonyl (C=O) groups is 2. The van der Waals surface area contributed by atoms with E-state index in [2.05, 4.69) is 0 Å². The number of ether oxygens (including phenoxy) is 2. The summed E-state index contributed by atoms with van der Waals surface area (Å²) in [5, 5.41) is 0. The molecule has 4 nitrogen and oxygen atoms in total. The molecule has 0 bridgehead atoms. The van der Waals surface area contributed by atoms with Crippen LogP contribution in [0, 0.1) is 0 Å². The number of rotatable bonds is 3. The minimum Gasteiger partial charge on any atom is -0.426 e. The van der Waals surface area contributed by atoms with E-state index in [9.17, 15) is 9.59 Å². The first kappa shape index (κ1) is 12.2. The highest BCUT2D eigenvalue weighted by molar-refractivity contribution is 5.72. The Kier molecular flexibility index (Phi) is 4.05. The van der Waals surface area contributed by atoms with Gasteiger partial charge in [0, 0.05) is 19.4 Å². The number of hydrogen-bond donors (Lipinski definition) is 0. The van der Waals surface area contributed by atoms with Gasteiger partial charge >= 0.3 is 11.9 Å². The second kappa shape index (κ2) is 5.30. The lowest BCUT2D eigenvalue weighted by Gasteiger charge is -2.11. The zero-order valence-electron chi connectivity index (χ0n) is 9.57. The Bertz CT molecular complexity index is 375. The molecular formula is C12H14O4. The Hall–Kier alpha value is -1.84. The maximum atomic E-state index is 10.9. The fourth-order valence-electron chi connectivity index (χ4n) is 1.39. The molecule has 0 N–H and O–H groups in total. The average Bonchev–Trinajstić information content (AvgIpc) is 2.16. The molecule has 0 aromatic heterocycles. The van der Waals surface area contributed by atoms with Gasteiger partial charge in [-0.25, -0.2) is 0 Å². The van der Waals surface area contributed by atoms with Gasteiger partial charge in [-0.1, -0.05) is 13.0 Å². The predicted octanol–water partition coefficient (Wildman–Crippen LogP) is 2.10. The minimum atomic E-state index is -0.394. The molecule has 0 saturated carbocycles. The Morgan fingerprint density at radius 2 is 1.50 bits per heavy atom. The van der Waals surface area contributed by atoms with Crippen molar-refractivity contribution < 1.29 is 19.1 Å². The van der Waals surface area contributed by atoms with Gasteiger partial charge in [-0.05, 0) is 18.6 Å². The van der Waals surface area contributed by atoms with Gasteiger partial charge in [0.1, 0.15) is 11.5 Å². The molecule has 0 saturated heterocycles. The number of carbonyl (C=O) groups excluding carboxylic acids is 2. The van der Waals surface area contributed by atoms with Crippen molar-refractivity contribution >= 4 is 11.9 Å². The smallest absolute Gasteiger partial charge is 0.308 e. The highest BCUT2D eigenvalue weighted by atomic mass is 16.5. The Morgan fingerprint density at radius 1 is 1.06 bits per heavy atom. The van der Waals surface area contributed by atoms with E-state index in [4.69, 9.17) is 9.47 Å². The topological polar surface area (TPSA) is 52.6 Å². The van der Waals surface area contributed by atoms with Crippen LogP contribution >= 0.6 is 0 Å². The minimum absolute atomic E-state index is 0.394. The second-order valence-electron chi connectivity index (χ2n) is 3.27. The van der Waals surface area contributed by atoms with E-state index in [0.717, 1.165) is 0 Å². The quantitative estimate of drug-likeness (QED) is 0.580. The number of benzene rings is 1. The third-order valence-electron chi connectivity index (χ3n) is 1.95. The lowest BCUT2D eigenvalue weighted by Crippen LogP contribution is -2.07. The van der Waals surface area contributed by atoms with Crippen molar-refractivity contribution in [3.63, 3.8) is 0 Å². The maximum Gasteiger partial charge on any atom is 0.308 e. The van der Waals surface area contributed by atoms with Crippen LogP contribution in [0.3, 0.4) is 0 Å². The molecule has 0 atom stereocenters. The van der Waals surface area contributed by atoms with E-state index >= 15 is 0 Å². The molecule has 0 spiro atoms. The number of hydrogen-bond acceptors (Lipinski definition) is 4. The summed E-state index contributed by atoms with van der Waals surface area (Å²) in [7, 11) is 0. The largest absolute Gasteiger partial charge is 0.426 e.